The molecule has 6 heteroatoms. The van der Waals surface area contributed by atoms with Crippen molar-refractivity contribution in [2.24, 2.45) is 0 Å². The van der Waals surface area contributed by atoms with Crippen LogP contribution in [0.25, 0.3) is 0 Å². The molecule has 0 atom stereocenters. The van der Waals surface area contributed by atoms with Crippen molar-refractivity contribution in [2.75, 3.05) is 0 Å². The summed E-state index contributed by atoms with van der Waals surface area (Å²) in [4.78, 5) is -0.189. The lowest BCUT2D eigenvalue weighted by Crippen LogP contribution is -2.00. The Balaban J connectivity index is 2.25. The van der Waals surface area contributed by atoms with Crippen LogP contribution < -0.4 is 4.74 Å². The van der Waals surface area contributed by atoms with Crippen molar-refractivity contribution < 1.29 is 22.8 Å². The fourth-order valence-electron chi connectivity index (χ4n) is 2.42. The molecule has 0 unspecified atom stereocenters. The minimum Gasteiger partial charge on any atom is -0.508 e. The number of aryl methyl sites for hydroxylation is 1. The molecule has 2 N–H and O–H groups in total. The van der Waals surface area contributed by atoms with Gasteiger partial charge in [0.25, 0.3) is 10.1 Å². The molecule has 0 spiro atoms. The number of unbranched alkanes of at least 4 members (excludes halogenated alkanes) is 3. The Morgan fingerprint density at radius 3 is 2.46 bits per heavy atom. The maximum atomic E-state index is 11.5. The van der Waals surface area contributed by atoms with Crippen LogP contribution in [0.5, 0.6) is 17.2 Å². The first-order valence-electron chi connectivity index (χ1n) is 7.97. The van der Waals surface area contributed by atoms with E-state index in [1.165, 1.54) is 24.3 Å². The van der Waals surface area contributed by atoms with Crippen LogP contribution in [0.3, 0.4) is 0 Å². The molecular formula is C18H22O5S. The number of aromatic hydroxyl groups is 1. The molecule has 0 aromatic heterocycles. The predicted molar refractivity (Wildman–Crippen MR) is 92.3 cm³/mol. The van der Waals surface area contributed by atoms with Gasteiger partial charge in [-0.25, -0.2) is 0 Å². The molecule has 130 valence electrons. The Kier molecular flexibility index (Phi) is 6.23. The average molecular weight is 350 g/mol. The van der Waals surface area contributed by atoms with Gasteiger partial charge < -0.3 is 9.84 Å². The van der Waals surface area contributed by atoms with Gasteiger partial charge in [0.1, 0.15) is 17.2 Å². The number of hydrogen-bond acceptors (Lipinski definition) is 4. The van der Waals surface area contributed by atoms with Crippen molar-refractivity contribution in [1.29, 1.82) is 0 Å². The van der Waals surface area contributed by atoms with Gasteiger partial charge in [-0.3, -0.25) is 4.55 Å². The first kappa shape index (κ1) is 18.3. The van der Waals surface area contributed by atoms with E-state index in [1.54, 1.807) is 18.2 Å². The smallest absolute Gasteiger partial charge is 0.294 e. The Morgan fingerprint density at radius 2 is 1.79 bits per heavy atom. The van der Waals surface area contributed by atoms with Crippen LogP contribution in [0.2, 0.25) is 0 Å². The number of rotatable bonds is 8. The van der Waals surface area contributed by atoms with Crippen molar-refractivity contribution >= 4 is 10.1 Å². The molecule has 0 aliphatic heterocycles. The second kappa shape index (κ2) is 8.17. The monoisotopic (exact) mass is 350 g/mol. The van der Waals surface area contributed by atoms with Gasteiger partial charge in [0.05, 0.1) is 4.90 Å². The standard InChI is InChI=1S/C18H22O5S/c1-2-3-4-5-7-14-10-17(13-18(11-14)24(20,21)22)23-16-9-6-8-15(19)12-16/h6,8-13,19H,2-5,7H2,1H3,(H,20,21,22). The molecule has 5 nitrogen and oxygen atoms in total. The molecule has 0 saturated carbocycles. The zero-order valence-electron chi connectivity index (χ0n) is 13.6. The predicted octanol–water partition coefficient (Wildman–Crippen LogP) is 4.55. The average Bonchev–Trinajstić information content (AvgIpc) is 2.50. The summed E-state index contributed by atoms with van der Waals surface area (Å²) in [6.45, 7) is 2.13. The van der Waals surface area contributed by atoms with Crippen LogP contribution in [-0.2, 0) is 16.5 Å². The highest BCUT2D eigenvalue weighted by atomic mass is 32.2. The molecule has 2 aromatic rings. The maximum Gasteiger partial charge on any atom is 0.294 e. The molecule has 2 aromatic carbocycles. The molecule has 0 bridgehead atoms. The summed E-state index contributed by atoms with van der Waals surface area (Å²) < 4.78 is 37.9. The van der Waals surface area contributed by atoms with Gasteiger partial charge in [-0.15, -0.1) is 0 Å². The van der Waals surface area contributed by atoms with E-state index in [9.17, 15) is 18.1 Å². The van der Waals surface area contributed by atoms with Gasteiger partial charge in [-0.05, 0) is 42.7 Å². The molecule has 2 rings (SSSR count). The molecule has 0 saturated heterocycles. The first-order chi connectivity index (χ1) is 11.4. The zero-order valence-corrected chi connectivity index (χ0v) is 14.4. The highest BCUT2D eigenvalue weighted by molar-refractivity contribution is 7.85. The molecule has 0 aliphatic carbocycles. The second-order valence-electron chi connectivity index (χ2n) is 5.70. The first-order valence-corrected chi connectivity index (χ1v) is 9.41. The summed E-state index contributed by atoms with van der Waals surface area (Å²) in [5.41, 5.74) is 0.788. The van der Waals surface area contributed by atoms with Crippen molar-refractivity contribution in [3.05, 3.63) is 48.0 Å². The van der Waals surface area contributed by atoms with E-state index < -0.39 is 10.1 Å². The molecule has 0 heterocycles. The van der Waals surface area contributed by atoms with E-state index in [0.29, 0.717) is 17.9 Å². The normalized spacial score (nSPS) is 11.4. The highest BCUT2D eigenvalue weighted by Crippen LogP contribution is 2.28. The van der Waals surface area contributed by atoms with Crippen LogP contribution in [0, 0.1) is 0 Å². The highest BCUT2D eigenvalue weighted by Gasteiger charge is 2.13. The zero-order chi connectivity index (χ0) is 17.6. The third-order valence-corrected chi connectivity index (χ3v) is 4.44. The fraction of sp³-hybridized carbons (Fsp3) is 0.333. The molecule has 0 radical (unpaired) electrons. The lowest BCUT2D eigenvalue weighted by Gasteiger charge is -2.10. The van der Waals surface area contributed by atoms with E-state index in [4.69, 9.17) is 4.74 Å². The summed E-state index contributed by atoms with van der Waals surface area (Å²) in [5, 5.41) is 9.48. The van der Waals surface area contributed by atoms with Crippen molar-refractivity contribution in [2.45, 2.75) is 43.9 Å². The maximum absolute atomic E-state index is 11.5. The SMILES string of the molecule is CCCCCCc1cc(Oc2cccc(O)c2)cc(S(=O)(=O)O)c1. The number of phenolic OH excluding ortho intramolecular Hbond substituents is 1. The van der Waals surface area contributed by atoms with E-state index in [0.717, 1.165) is 31.2 Å². The second-order valence-corrected chi connectivity index (χ2v) is 7.12. The van der Waals surface area contributed by atoms with Gasteiger partial charge in [-0.1, -0.05) is 32.3 Å². The minimum absolute atomic E-state index is 0.0539. The summed E-state index contributed by atoms with van der Waals surface area (Å²) in [6.07, 6.45) is 4.96. The lowest BCUT2D eigenvalue weighted by atomic mass is 10.1. The van der Waals surface area contributed by atoms with Crippen LogP contribution in [-0.4, -0.2) is 18.1 Å². The number of hydrogen-bond donors (Lipinski definition) is 2. The Labute approximate surface area is 142 Å². The van der Waals surface area contributed by atoms with Crippen molar-refractivity contribution in [3.63, 3.8) is 0 Å². The van der Waals surface area contributed by atoms with E-state index in [2.05, 4.69) is 6.92 Å². The van der Waals surface area contributed by atoms with Gasteiger partial charge in [0.15, 0.2) is 0 Å². The summed E-state index contributed by atoms with van der Waals surface area (Å²) in [6, 6.07) is 10.7. The summed E-state index contributed by atoms with van der Waals surface area (Å²) in [5.74, 6) is 0.749. The Bertz CT molecular complexity index is 784. The molecule has 0 fully saturated rings. The van der Waals surface area contributed by atoms with Gasteiger partial charge in [-0.2, -0.15) is 8.42 Å². The van der Waals surface area contributed by atoms with Crippen LogP contribution in [0.4, 0.5) is 0 Å². The van der Waals surface area contributed by atoms with Crippen LogP contribution in [0.1, 0.15) is 38.2 Å². The summed E-state index contributed by atoms with van der Waals surface area (Å²) >= 11 is 0. The fourth-order valence-corrected chi connectivity index (χ4v) is 2.99. The van der Waals surface area contributed by atoms with E-state index in [1.807, 2.05) is 0 Å². The Hall–Kier alpha value is -2.05. The topological polar surface area (TPSA) is 83.8 Å². The lowest BCUT2D eigenvalue weighted by molar-refractivity contribution is 0.452. The van der Waals surface area contributed by atoms with Gasteiger partial charge in [0, 0.05) is 12.1 Å². The number of ether oxygens (including phenoxy) is 1. The Morgan fingerprint density at radius 1 is 1.00 bits per heavy atom. The molecular weight excluding hydrogens is 328 g/mol. The van der Waals surface area contributed by atoms with Crippen LogP contribution in [0.15, 0.2) is 47.4 Å². The van der Waals surface area contributed by atoms with Crippen molar-refractivity contribution in [1.82, 2.24) is 0 Å². The minimum atomic E-state index is -4.31. The quantitative estimate of drug-likeness (QED) is 0.539. The summed E-state index contributed by atoms with van der Waals surface area (Å²) in [7, 11) is -4.31. The third-order valence-electron chi connectivity index (χ3n) is 3.61. The number of benzene rings is 2. The van der Waals surface area contributed by atoms with E-state index in [-0.39, 0.29) is 10.6 Å². The van der Waals surface area contributed by atoms with Gasteiger partial charge in [0.2, 0.25) is 0 Å². The van der Waals surface area contributed by atoms with Crippen LogP contribution >= 0.6 is 0 Å². The van der Waals surface area contributed by atoms with Gasteiger partial charge >= 0.3 is 0 Å². The third kappa shape index (κ3) is 5.54. The molecule has 0 amide bonds. The van der Waals surface area contributed by atoms with Crippen molar-refractivity contribution in [3.8, 4) is 17.2 Å². The molecule has 24 heavy (non-hydrogen) atoms. The van der Waals surface area contributed by atoms with E-state index >= 15 is 0 Å². The largest absolute Gasteiger partial charge is 0.508 e. The number of phenols is 1. The molecule has 0 aliphatic rings.